The first-order valence-electron chi connectivity index (χ1n) is 18.1. The molecular formula is C39H54F6O2. The molecule has 0 N–H and O–H groups in total. The first-order chi connectivity index (χ1) is 21.9. The van der Waals surface area contributed by atoms with Crippen molar-refractivity contribution in [1.82, 2.24) is 0 Å². The number of halogens is 6. The number of benzene rings is 1. The van der Waals surface area contributed by atoms with Gasteiger partial charge in [-0.1, -0.05) is 65.5 Å². The number of aryl methyl sites for hydroxylation is 1. The fourth-order valence-corrected chi connectivity index (χ4v) is 10.6. The van der Waals surface area contributed by atoms with Gasteiger partial charge < -0.3 is 4.74 Å². The largest absolute Gasteiger partial charge is 0.462 e. The van der Waals surface area contributed by atoms with Crippen LogP contribution in [0.5, 0.6) is 0 Å². The van der Waals surface area contributed by atoms with Crippen LogP contribution in [-0.2, 0) is 28.3 Å². The van der Waals surface area contributed by atoms with Crippen molar-refractivity contribution in [2.45, 2.75) is 143 Å². The second kappa shape index (κ2) is 13.7. The lowest BCUT2D eigenvalue weighted by molar-refractivity contribution is -0.151. The van der Waals surface area contributed by atoms with Gasteiger partial charge in [0.05, 0.1) is 11.1 Å². The summed E-state index contributed by atoms with van der Waals surface area (Å²) in [5, 5.41) is 0. The van der Waals surface area contributed by atoms with Crippen LogP contribution in [0.1, 0.15) is 135 Å². The van der Waals surface area contributed by atoms with Crippen LogP contribution in [0.4, 0.5) is 26.3 Å². The average molecular weight is 669 g/mol. The van der Waals surface area contributed by atoms with Gasteiger partial charge in [-0.15, -0.1) is 0 Å². The van der Waals surface area contributed by atoms with Gasteiger partial charge in [0, 0.05) is 12.8 Å². The van der Waals surface area contributed by atoms with E-state index in [1.54, 1.807) is 0 Å². The molecule has 2 nitrogen and oxygen atoms in total. The van der Waals surface area contributed by atoms with Crippen LogP contribution in [0.2, 0.25) is 0 Å². The molecule has 8 atom stereocenters. The number of alkyl halides is 6. The Bertz CT molecular complexity index is 1260. The summed E-state index contributed by atoms with van der Waals surface area (Å²) in [5.74, 6) is 4.05. The third-order valence-electron chi connectivity index (χ3n) is 13.1. The molecule has 4 aliphatic carbocycles. The Morgan fingerprint density at radius 3 is 2.19 bits per heavy atom. The highest BCUT2D eigenvalue weighted by Crippen LogP contribution is 2.67. The second-order valence-electron chi connectivity index (χ2n) is 16.4. The number of esters is 1. The van der Waals surface area contributed by atoms with Gasteiger partial charge in [-0.05, 0) is 128 Å². The minimum atomic E-state index is -4.89. The molecule has 0 bridgehead atoms. The van der Waals surface area contributed by atoms with E-state index in [0.29, 0.717) is 23.7 Å². The van der Waals surface area contributed by atoms with Crippen molar-refractivity contribution in [2.24, 2.45) is 46.3 Å². The van der Waals surface area contributed by atoms with E-state index in [1.807, 2.05) is 0 Å². The molecule has 0 saturated heterocycles. The number of allylic oxidation sites excluding steroid dienone is 1. The number of hydrogen-bond donors (Lipinski definition) is 0. The molecule has 0 spiro atoms. The van der Waals surface area contributed by atoms with Crippen LogP contribution in [0.3, 0.4) is 0 Å². The highest BCUT2D eigenvalue weighted by molar-refractivity contribution is 5.69. The zero-order chi connectivity index (χ0) is 34.4. The lowest BCUT2D eigenvalue weighted by Crippen LogP contribution is -2.51. The monoisotopic (exact) mass is 668 g/mol. The molecule has 3 fully saturated rings. The quantitative estimate of drug-likeness (QED) is 0.141. The average Bonchev–Trinajstić information content (AvgIpc) is 3.33. The van der Waals surface area contributed by atoms with E-state index in [-0.39, 0.29) is 42.4 Å². The van der Waals surface area contributed by atoms with Gasteiger partial charge in [0.15, 0.2) is 0 Å². The lowest BCUT2D eigenvalue weighted by Gasteiger charge is -2.58. The molecular weight excluding hydrogens is 614 g/mol. The normalized spacial score (nSPS) is 33.1. The van der Waals surface area contributed by atoms with Crippen molar-refractivity contribution in [3.63, 3.8) is 0 Å². The molecule has 1 aromatic carbocycles. The maximum atomic E-state index is 13.2. The maximum absolute atomic E-state index is 13.2. The van der Waals surface area contributed by atoms with Crippen molar-refractivity contribution in [2.75, 3.05) is 0 Å². The number of carbonyl (C=O) groups is 1. The van der Waals surface area contributed by atoms with E-state index in [9.17, 15) is 31.1 Å². The molecule has 264 valence electrons. The van der Waals surface area contributed by atoms with Gasteiger partial charge in [-0.2, -0.15) is 26.3 Å². The van der Waals surface area contributed by atoms with Crippen molar-refractivity contribution < 1.29 is 35.9 Å². The molecule has 0 aromatic heterocycles. The standard InChI is InChI=1S/C39H54F6O2/c1-24(2)8-6-9-25(3)32-14-15-33-31-13-12-27-23-30(16-18-36(27,4)34(31)17-19-37(32,33)5)47-35(46)11-7-10-26-20-28(38(40,41)42)22-29(21-26)39(43,44)45/h12,20-22,24-25,30-34H,6-11,13-19,23H2,1-5H3. The molecule has 5 rings (SSSR count). The highest BCUT2D eigenvalue weighted by atomic mass is 19.4. The SMILES string of the molecule is CC(C)CCCC(C)C1CCC2C3CC=C4CC(OC(=O)CCCc5cc(C(F)(F)F)cc(C(F)(F)F)c5)CCC4(C)C3CCC12C. The summed E-state index contributed by atoms with van der Waals surface area (Å²) in [6, 6.07) is 1.60. The molecule has 0 amide bonds. The number of hydrogen-bond acceptors (Lipinski definition) is 2. The van der Waals surface area contributed by atoms with Crippen molar-refractivity contribution in [1.29, 1.82) is 0 Å². The number of fused-ring (bicyclic) bond motifs is 5. The number of ether oxygens (including phenoxy) is 1. The van der Waals surface area contributed by atoms with Crippen LogP contribution < -0.4 is 0 Å². The van der Waals surface area contributed by atoms with Crippen molar-refractivity contribution in [3.05, 3.63) is 46.5 Å². The Morgan fingerprint density at radius 1 is 0.872 bits per heavy atom. The van der Waals surface area contributed by atoms with Crippen molar-refractivity contribution in [3.8, 4) is 0 Å². The second-order valence-corrected chi connectivity index (χ2v) is 16.4. The first-order valence-corrected chi connectivity index (χ1v) is 18.1. The zero-order valence-corrected chi connectivity index (χ0v) is 28.8. The molecule has 0 aliphatic heterocycles. The predicted octanol–water partition coefficient (Wildman–Crippen LogP) is 12.0. The van der Waals surface area contributed by atoms with Gasteiger partial charge in [0.1, 0.15) is 6.10 Å². The van der Waals surface area contributed by atoms with E-state index in [4.69, 9.17) is 4.74 Å². The van der Waals surface area contributed by atoms with Gasteiger partial charge in [0.25, 0.3) is 0 Å². The maximum Gasteiger partial charge on any atom is 0.416 e. The predicted molar refractivity (Wildman–Crippen MR) is 172 cm³/mol. The lowest BCUT2D eigenvalue weighted by atomic mass is 9.47. The summed E-state index contributed by atoms with van der Waals surface area (Å²) >= 11 is 0. The molecule has 3 saturated carbocycles. The minimum Gasteiger partial charge on any atom is -0.462 e. The van der Waals surface area contributed by atoms with E-state index in [1.165, 1.54) is 50.5 Å². The third-order valence-corrected chi connectivity index (χ3v) is 13.1. The van der Waals surface area contributed by atoms with Gasteiger partial charge in [0.2, 0.25) is 0 Å². The molecule has 8 heteroatoms. The highest BCUT2D eigenvalue weighted by Gasteiger charge is 2.59. The summed E-state index contributed by atoms with van der Waals surface area (Å²) in [4.78, 5) is 12.8. The fraction of sp³-hybridized carbons (Fsp3) is 0.769. The van der Waals surface area contributed by atoms with Crippen LogP contribution in [0.25, 0.3) is 0 Å². The van der Waals surface area contributed by atoms with E-state index in [2.05, 4.69) is 40.7 Å². The van der Waals surface area contributed by atoms with Crippen LogP contribution >= 0.6 is 0 Å². The minimum absolute atomic E-state index is 0.0492. The van der Waals surface area contributed by atoms with Crippen LogP contribution in [0, 0.1) is 46.3 Å². The van der Waals surface area contributed by atoms with Gasteiger partial charge >= 0.3 is 18.3 Å². The van der Waals surface area contributed by atoms with Crippen LogP contribution in [0.15, 0.2) is 29.8 Å². The fourth-order valence-electron chi connectivity index (χ4n) is 10.6. The molecule has 0 radical (unpaired) electrons. The number of rotatable bonds is 10. The van der Waals surface area contributed by atoms with E-state index < -0.39 is 29.4 Å². The van der Waals surface area contributed by atoms with Gasteiger partial charge in [-0.3, -0.25) is 4.79 Å². The summed E-state index contributed by atoms with van der Waals surface area (Å²) in [7, 11) is 0. The molecule has 0 heterocycles. The molecule has 47 heavy (non-hydrogen) atoms. The Hall–Kier alpha value is -1.99. The summed E-state index contributed by atoms with van der Waals surface area (Å²) in [6.45, 7) is 12.2. The third kappa shape index (κ3) is 7.77. The topological polar surface area (TPSA) is 26.3 Å². The van der Waals surface area contributed by atoms with E-state index in [0.717, 1.165) is 55.1 Å². The Morgan fingerprint density at radius 2 is 1.55 bits per heavy atom. The van der Waals surface area contributed by atoms with Crippen molar-refractivity contribution >= 4 is 5.97 Å². The number of carbonyl (C=O) groups excluding carboxylic acids is 1. The van der Waals surface area contributed by atoms with E-state index >= 15 is 0 Å². The zero-order valence-electron chi connectivity index (χ0n) is 28.8. The smallest absolute Gasteiger partial charge is 0.416 e. The van der Waals surface area contributed by atoms with Gasteiger partial charge in [-0.25, -0.2) is 0 Å². The molecule has 4 aliphatic rings. The Balaban J connectivity index is 1.16. The Kier molecular flexibility index (Phi) is 10.6. The Labute approximate surface area is 277 Å². The summed E-state index contributed by atoms with van der Waals surface area (Å²) in [6.07, 6.45) is 5.25. The molecule has 1 aromatic rings. The molecule has 8 unspecified atom stereocenters. The first kappa shape index (κ1) is 36.3. The van der Waals surface area contributed by atoms with Crippen LogP contribution in [-0.4, -0.2) is 12.1 Å². The summed E-state index contributed by atoms with van der Waals surface area (Å²) in [5.41, 5.74) is -0.803. The summed E-state index contributed by atoms with van der Waals surface area (Å²) < 4.78 is 85.1.